The normalized spacial score (nSPS) is 10.2. The molecule has 0 aliphatic carbocycles. The Morgan fingerprint density at radius 1 is 1.12 bits per heavy atom. The molecule has 0 saturated heterocycles. The first-order valence-corrected chi connectivity index (χ1v) is 6.25. The average Bonchev–Trinajstić information content (AvgIpc) is 2.30. The maximum atomic E-state index is 10.8. The van der Waals surface area contributed by atoms with Crippen LogP contribution in [0, 0.1) is 10.5 Å². The molecule has 0 aliphatic heterocycles. The standard InChI is InChI=1S/C14H11IO2/c1-9-8-11(14(16)17)4-7-13(9)10-2-5-12(15)6-3-10/h2-8H,1H3,(H,16,17). The molecule has 0 bridgehead atoms. The molecule has 0 aliphatic rings. The Hall–Kier alpha value is -1.36. The highest BCUT2D eigenvalue weighted by Crippen LogP contribution is 2.25. The van der Waals surface area contributed by atoms with Crippen LogP contribution in [0.5, 0.6) is 0 Å². The molecule has 0 fully saturated rings. The lowest BCUT2D eigenvalue weighted by Gasteiger charge is -2.07. The minimum absolute atomic E-state index is 0.330. The van der Waals surface area contributed by atoms with Gasteiger partial charge in [-0.3, -0.25) is 0 Å². The van der Waals surface area contributed by atoms with Crippen LogP contribution in [-0.2, 0) is 0 Å². The van der Waals surface area contributed by atoms with Crippen molar-refractivity contribution in [3.63, 3.8) is 0 Å². The van der Waals surface area contributed by atoms with Crippen molar-refractivity contribution < 1.29 is 9.90 Å². The molecular formula is C14H11IO2. The fourth-order valence-corrected chi connectivity index (χ4v) is 2.11. The van der Waals surface area contributed by atoms with E-state index >= 15 is 0 Å². The lowest BCUT2D eigenvalue weighted by molar-refractivity contribution is 0.0697. The zero-order chi connectivity index (χ0) is 12.4. The fraction of sp³-hybridized carbons (Fsp3) is 0.0714. The summed E-state index contributed by atoms with van der Waals surface area (Å²) in [5, 5.41) is 8.91. The van der Waals surface area contributed by atoms with E-state index in [2.05, 4.69) is 22.6 Å². The van der Waals surface area contributed by atoms with E-state index in [0.29, 0.717) is 5.56 Å². The van der Waals surface area contributed by atoms with Crippen LogP contribution in [0.1, 0.15) is 15.9 Å². The third-order valence-corrected chi connectivity index (χ3v) is 3.35. The summed E-state index contributed by atoms with van der Waals surface area (Å²) in [7, 11) is 0. The van der Waals surface area contributed by atoms with Crippen LogP contribution in [0.4, 0.5) is 0 Å². The molecule has 17 heavy (non-hydrogen) atoms. The number of carboxylic acids is 1. The van der Waals surface area contributed by atoms with Gasteiger partial charge in [-0.05, 0) is 70.5 Å². The Morgan fingerprint density at radius 3 is 2.29 bits per heavy atom. The number of halogens is 1. The molecule has 2 nitrogen and oxygen atoms in total. The van der Waals surface area contributed by atoms with Gasteiger partial charge in [0, 0.05) is 3.57 Å². The Balaban J connectivity index is 2.46. The van der Waals surface area contributed by atoms with Crippen molar-refractivity contribution in [1.82, 2.24) is 0 Å². The highest BCUT2D eigenvalue weighted by atomic mass is 127. The Bertz CT molecular complexity index is 559. The first kappa shape index (κ1) is 12.1. The average molecular weight is 338 g/mol. The predicted octanol–water partition coefficient (Wildman–Crippen LogP) is 3.96. The van der Waals surface area contributed by atoms with Crippen LogP contribution in [0.2, 0.25) is 0 Å². The van der Waals surface area contributed by atoms with Gasteiger partial charge < -0.3 is 5.11 Å². The van der Waals surface area contributed by atoms with Crippen LogP contribution in [0.15, 0.2) is 42.5 Å². The quantitative estimate of drug-likeness (QED) is 0.842. The number of benzene rings is 2. The van der Waals surface area contributed by atoms with Crippen molar-refractivity contribution in [1.29, 1.82) is 0 Å². The van der Waals surface area contributed by atoms with Crippen LogP contribution in [-0.4, -0.2) is 11.1 Å². The monoisotopic (exact) mass is 338 g/mol. The van der Waals surface area contributed by atoms with Crippen molar-refractivity contribution >= 4 is 28.6 Å². The van der Waals surface area contributed by atoms with E-state index in [9.17, 15) is 4.79 Å². The van der Waals surface area contributed by atoms with Crippen molar-refractivity contribution in [2.45, 2.75) is 6.92 Å². The van der Waals surface area contributed by atoms with Gasteiger partial charge in [-0.2, -0.15) is 0 Å². The Morgan fingerprint density at radius 2 is 1.76 bits per heavy atom. The van der Waals surface area contributed by atoms with E-state index in [4.69, 9.17) is 5.11 Å². The molecule has 2 rings (SSSR count). The molecule has 86 valence electrons. The van der Waals surface area contributed by atoms with Crippen LogP contribution < -0.4 is 0 Å². The highest BCUT2D eigenvalue weighted by molar-refractivity contribution is 14.1. The van der Waals surface area contributed by atoms with Gasteiger partial charge in [-0.25, -0.2) is 4.79 Å². The minimum atomic E-state index is -0.887. The van der Waals surface area contributed by atoms with Crippen LogP contribution >= 0.6 is 22.6 Å². The third kappa shape index (κ3) is 2.66. The SMILES string of the molecule is Cc1cc(C(=O)O)ccc1-c1ccc(I)cc1. The van der Waals surface area contributed by atoms with Gasteiger partial charge >= 0.3 is 5.97 Å². The largest absolute Gasteiger partial charge is 0.478 e. The van der Waals surface area contributed by atoms with E-state index in [1.54, 1.807) is 12.1 Å². The van der Waals surface area contributed by atoms with Gasteiger partial charge in [0.15, 0.2) is 0 Å². The first-order valence-electron chi connectivity index (χ1n) is 5.18. The van der Waals surface area contributed by atoms with E-state index < -0.39 is 5.97 Å². The molecule has 0 atom stereocenters. The minimum Gasteiger partial charge on any atom is -0.478 e. The summed E-state index contributed by atoms with van der Waals surface area (Å²) in [5.41, 5.74) is 3.49. The summed E-state index contributed by atoms with van der Waals surface area (Å²) in [5.74, 6) is -0.887. The van der Waals surface area contributed by atoms with Gasteiger partial charge in [0.25, 0.3) is 0 Å². The third-order valence-electron chi connectivity index (χ3n) is 2.63. The summed E-state index contributed by atoms with van der Waals surface area (Å²) < 4.78 is 1.19. The molecular weight excluding hydrogens is 327 g/mol. The zero-order valence-electron chi connectivity index (χ0n) is 9.27. The number of carbonyl (C=O) groups is 1. The summed E-state index contributed by atoms with van der Waals surface area (Å²) in [4.78, 5) is 10.8. The van der Waals surface area contributed by atoms with E-state index in [-0.39, 0.29) is 0 Å². The van der Waals surface area contributed by atoms with Gasteiger partial charge in [0.2, 0.25) is 0 Å². The van der Waals surface area contributed by atoms with Crippen molar-refractivity contribution in [3.05, 3.63) is 57.2 Å². The Labute approximate surface area is 113 Å². The second-order valence-electron chi connectivity index (χ2n) is 3.84. The number of rotatable bonds is 2. The molecule has 2 aromatic carbocycles. The molecule has 3 heteroatoms. The summed E-state index contributed by atoms with van der Waals surface area (Å²) in [6, 6.07) is 13.4. The summed E-state index contributed by atoms with van der Waals surface area (Å²) >= 11 is 2.26. The molecule has 0 radical (unpaired) electrons. The van der Waals surface area contributed by atoms with Crippen molar-refractivity contribution in [2.75, 3.05) is 0 Å². The zero-order valence-corrected chi connectivity index (χ0v) is 11.4. The maximum absolute atomic E-state index is 10.8. The molecule has 0 heterocycles. The molecule has 0 amide bonds. The van der Waals surface area contributed by atoms with E-state index in [1.807, 2.05) is 37.3 Å². The highest BCUT2D eigenvalue weighted by Gasteiger charge is 2.06. The number of hydrogen-bond donors (Lipinski definition) is 1. The van der Waals surface area contributed by atoms with Crippen molar-refractivity contribution in [2.24, 2.45) is 0 Å². The summed E-state index contributed by atoms with van der Waals surface area (Å²) in [6.07, 6.45) is 0. The number of hydrogen-bond acceptors (Lipinski definition) is 1. The smallest absolute Gasteiger partial charge is 0.335 e. The van der Waals surface area contributed by atoms with Gasteiger partial charge in [0.05, 0.1) is 5.56 Å². The molecule has 0 saturated carbocycles. The molecule has 0 aromatic heterocycles. The van der Waals surface area contributed by atoms with E-state index in [1.165, 1.54) is 3.57 Å². The molecule has 2 aromatic rings. The van der Waals surface area contributed by atoms with Crippen LogP contribution in [0.25, 0.3) is 11.1 Å². The maximum Gasteiger partial charge on any atom is 0.335 e. The lowest BCUT2D eigenvalue weighted by atomic mass is 9.98. The molecule has 0 spiro atoms. The second-order valence-corrected chi connectivity index (χ2v) is 5.09. The number of aromatic carboxylic acids is 1. The predicted molar refractivity (Wildman–Crippen MR) is 76.3 cm³/mol. The van der Waals surface area contributed by atoms with Gasteiger partial charge in [-0.15, -0.1) is 0 Å². The van der Waals surface area contributed by atoms with Gasteiger partial charge in [0.1, 0.15) is 0 Å². The molecule has 1 N–H and O–H groups in total. The number of carboxylic acid groups (broad SMARTS) is 1. The van der Waals surface area contributed by atoms with Crippen LogP contribution in [0.3, 0.4) is 0 Å². The van der Waals surface area contributed by atoms with Crippen molar-refractivity contribution in [3.8, 4) is 11.1 Å². The first-order chi connectivity index (χ1) is 8.08. The molecule has 0 unspecified atom stereocenters. The Kier molecular flexibility index (Phi) is 3.47. The number of aryl methyl sites for hydroxylation is 1. The lowest BCUT2D eigenvalue weighted by Crippen LogP contribution is -1.97. The summed E-state index contributed by atoms with van der Waals surface area (Å²) in [6.45, 7) is 1.93. The van der Waals surface area contributed by atoms with E-state index in [0.717, 1.165) is 16.7 Å². The topological polar surface area (TPSA) is 37.3 Å². The second kappa shape index (κ2) is 4.87. The fourth-order valence-electron chi connectivity index (χ4n) is 1.75. The van der Waals surface area contributed by atoms with Gasteiger partial charge in [-0.1, -0.05) is 18.2 Å².